The first kappa shape index (κ1) is 14.8. The highest BCUT2D eigenvalue weighted by Crippen LogP contribution is 2.40. The van der Waals surface area contributed by atoms with Crippen LogP contribution in [0.3, 0.4) is 0 Å². The summed E-state index contributed by atoms with van der Waals surface area (Å²) in [6, 6.07) is 1.97. The summed E-state index contributed by atoms with van der Waals surface area (Å²) in [6.07, 6.45) is 10.8. The van der Waals surface area contributed by atoms with E-state index < -0.39 is 0 Å². The zero-order valence-corrected chi connectivity index (χ0v) is 13.1. The molecule has 2 saturated carbocycles. The Bertz CT molecular complexity index is 471. The first-order chi connectivity index (χ1) is 10.2. The Labute approximate surface area is 127 Å². The van der Waals surface area contributed by atoms with Crippen molar-refractivity contribution in [3.63, 3.8) is 0 Å². The molecule has 116 valence electrons. The summed E-state index contributed by atoms with van der Waals surface area (Å²) in [6.45, 7) is 2.76. The maximum atomic E-state index is 6.15. The van der Waals surface area contributed by atoms with Gasteiger partial charge in [-0.25, -0.2) is 9.97 Å². The molecule has 0 aromatic carbocycles. The highest BCUT2D eigenvalue weighted by molar-refractivity contribution is 5.33. The van der Waals surface area contributed by atoms with E-state index in [0.29, 0.717) is 18.3 Å². The van der Waals surface area contributed by atoms with Crippen molar-refractivity contribution in [2.24, 2.45) is 0 Å². The molecule has 0 atom stereocenters. The lowest BCUT2D eigenvalue weighted by Crippen LogP contribution is -2.35. The molecule has 0 unspecified atom stereocenters. The average molecular weight is 289 g/mol. The van der Waals surface area contributed by atoms with Crippen LogP contribution in [0.2, 0.25) is 0 Å². The maximum absolute atomic E-state index is 6.15. The Kier molecular flexibility index (Phi) is 4.43. The fourth-order valence-corrected chi connectivity index (χ4v) is 3.95. The number of ether oxygens (including phenoxy) is 1. The monoisotopic (exact) mass is 289 g/mol. The lowest BCUT2D eigenvalue weighted by atomic mass is 9.83. The molecule has 2 N–H and O–H groups in total. The summed E-state index contributed by atoms with van der Waals surface area (Å²) >= 11 is 0. The van der Waals surface area contributed by atoms with E-state index >= 15 is 0 Å². The predicted octanol–water partition coefficient (Wildman–Crippen LogP) is 3.91. The van der Waals surface area contributed by atoms with Gasteiger partial charge in [-0.05, 0) is 32.6 Å². The molecule has 4 nitrogen and oxygen atoms in total. The minimum Gasteiger partial charge on any atom is -0.384 e. The van der Waals surface area contributed by atoms with Crippen molar-refractivity contribution < 1.29 is 4.74 Å². The third kappa shape index (κ3) is 3.05. The second kappa shape index (κ2) is 6.30. The molecule has 0 radical (unpaired) electrons. The van der Waals surface area contributed by atoms with E-state index in [9.17, 15) is 0 Å². The van der Waals surface area contributed by atoms with E-state index in [1.165, 1.54) is 44.9 Å². The second-order valence-corrected chi connectivity index (χ2v) is 6.51. The van der Waals surface area contributed by atoms with Gasteiger partial charge in [0, 0.05) is 24.3 Å². The van der Waals surface area contributed by atoms with Crippen LogP contribution in [0.4, 0.5) is 5.82 Å². The van der Waals surface area contributed by atoms with Crippen LogP contribution < -0.4 is 5.73 Å². The first-order valence-electron chi connectivity index (χ1n) is 8.52. The van der Waals surface area contributed by atoms with Crippen LogP contribution in [-0.4, -0.2) is 16.6 Å². The summed E-state index contributed by atoms with van der Waals surface area (Å²) in [5.74, 6) is 2.01. The standard InChI is InChI=1S/C17H27N3O/c1-2-21-17(10-6-3-7-11-17)16-19-14(12-15(18)20-16)13-8-4-5-9-13/h12-13H,2-11H2,1H3,(H2,18,19,20). The Balaban J connectivity index is 1.94. The van der Waals surface area contributed by atoms with Crippen LogP contribution in [0.5, 0.6) is 0 Å². The molecule has 2 aliphatic carbocycles. The smallest absolute Gasteiger partial charge is 0.162 e. The maximum Gasteiger partial charge on any atom is 0.162 e. The van der Waals surface area contributed by atoms with Crippen LogP contribution in [0.15, 0.2) is 6.07 Å². The average Bonchev–Trinajstić information content (AvgIpc) is 3.02. The zero-order valence-electron chi connectivity index (χ0n) is 13.1. The van der Waals surface area contributed by atoms with Crippen LogP contribution in [0.25, 0.3) is 0 Å². The van der Waals surface area contributed by atoms with Gasteiger partial charge in [-0.3, -0.25) is 0 Å². The van der Waals surface area contributed by atoms with Crippen molar-refractivity contribution in [3.8, 4) is 0 Å². The van der Waals surface area contributed by atoms with Gasteiger partial charge in [-0.15, -0.1) is 0 Å². The number of nitrogen functional groups attached to an aromatic ring is 1. The van der Waals surface area contributed by atoms with Crippen LogP contribution in [0, 0.1) is 0 Å². The largest absolute Gasteiger partial charge is 0.384 e. The van der Waals surface area contributed by atoms with Gasteiger partial charge in [0.25, 0.3) is 0 Å². The molecule has 1 heterocycles. The molecule has 1 aromatic heterocycles. The summed E-state index contributed by atoms with van der Waals surface area (Å²) in [5, 5.41) is 0. The fourth-order valence-electron chi connectivity index (χ4n) is 3.95. The van der Waals surface area contributed by atoms with Gasteiger partial charge in [0.15, 0.2) is 5.82 Å². The first-order valence-corrected chi connectivity index (χ1v) is 8.52. The van der Waals surface area contributed by atoms with Crippen molar-refractivity contribution >= 4 is 5.82 Å². The van der Waals surface area contributed by atoms with Gasteiger partial charge in [0.1, 0.15) is 11.4 Å². The summed E-state index contributed by atoms with van der Waals surface area (Å²) in [4.78, 5) is 9.48. The topological polar surface area (TPSA) is 61.0 Å². The summed E-state index contributed by atoms with van der Waals surface area (Å²) < 4.78 is 6.15. The third-order valence-electron chi connectivity index (χ3n) is 5.03. The van der Waals surface area contributed by atoms with Crippen molar-refractivity contribution in [3.05, 3.63) is 17.6 Å². The lowest BCUT2D eigenvalue weighted by Gasteiger charge is -2.36. The number of nitrogens with two attached hydrogens (primary N) is 1. The van der Waals surface area contributed by atoms with Gasteiger partial charge in [0.2, 0.25) is 0 Å². The Morgan fingerprint density at radius 1 is 1.14 bits per heavy atom. The van der Waals surface area contributed by atoms with Crippen molar-refractivity contribution in [2.45, 2.75) is 76.2 Å². The number of anilines is 1. The highest BCUT2D eigenvalue weighted by atomic mass is 16.5. The SMILES string of the molecule is CCOC1(c2nc(N)cc(C3CCCC3)n2)CCCCC1. The molecule has 0 amide bonds. The molecular formula is C17H27N3O. The molecule has 2 aliphatic rings. The quantitative estimate of drug-likeness (QED) is 0.912. The minimum absolute atomic E-state index is 0.296. The van der Waals surface area contributed by atoms with E-state index in [0.717, 1.165) is 24.4 Å². The molecular weight excluding hydrogens is 262 g/mol. The van der Waals surface area contributed by atoms with Gasteiger partial charge in [-0.2, -0.15) is 0 Å². The molecule has 0 saturated heterocycles. The lowest BCUT2D eigenvalue weighted by molar-refractivity contribution is -0.0767. The normalized spacial score (nSPS) is 22.5. The van der Waals surface area contributed by atoms with E-state index in [1.54, 1.807) is 0 Å². The van der Waals surface area contributed by atoms with Crippen LogP contribution in [-0.2, 0) is 10.3 Å². The Morgan fingerprint density at radius 3 is 2.52 bits per heavy atom. The van der Waals surface area contributed by atoms with E-state index in [4.69, 9.17) is 15.5 Å². The second-order valence-electron chi connectivity index (χ2n) is 6.51. The van der Waals surface area contributed by atoms with Crippen molar-refractivity contribution in [1.82, 2.24) is 9.97 Å². The summed E-state index contributed by atoms with van der Waals surface area (Å²) in [7, 11) is 0. The molecule has 3 rings (SSSR count). The van der Waals surface area contributed by atoms with Gasteiger partial charge in [0.05, 0.1) is 0 Å². The molecule has 0 spiro atoms. The summed E-state index contributed by atoms with van der Waals surface area (Å²) in [5.41, 5.74) is 6.92. The number of rotatable bonds is 4. The van der Waals surface area contributed by atoms with Crippen LogP contribution in [0.1, 0.15) is 82.1 Å². The minimum atomic E-state index is -0.296. The molecule has 2 fully saturated rings. The molecule has 0 aliphatic heterocycles. The number of nitrogens with zero attached hydrogens (tertiary/aromatic N) is 2. The Morgan fingerprint density at radius 2 is 1.86 bits per heavy atom. The van der Waals surface area contributed by atoms with Crippen LogP contribution >= 0.6 is 0 Å². The molecule has 1 aromatic rings. The van der Waals surface area contributed by atoms with E-state index in [1.807, 2.05) is 6.07 Å². The number of hydrogen-bond donors (Lipinski definition) is 1. The van der Waals surface area contributed by atoms with Crippen molar-refractivity contribution in [1.29, 1.82) is 0 Å². The Hall–Kier alpha value is -1.16. The fraction of sp³-hybridized carbons (Fsp3) is 0.765. The van der Waals surface area contributed by atoms with Gasteiger partial charge in [-0.1, -0.05) is 32.1 Å². The van der Waals surface area contributed by atoms with Crippen molar-refractivity contribution in [2.75, 3.05) is 12.3 Å². The van der Waals surface area contributed by atoms with E-state index in [2.05, 4.69) is 11.9 Å². The molecule has 21 heavy (non-hydrogen) atoms. The molecule has 4 heteroatoms. The predicted molar refractivity (Wildman–Crippen MR) is 84.0 cm³/mol. The number of hydrogen-bond acceptors (Lipinski definition) is 4. The zero-order chi connectivity index (χ0) is 14.7. The highest BCUT2D eigenvalue weighted by Gasteiger charge is 2.38. The van der Waals surface area contributed by atoms with Gasteiger partial charge >= 0.3 is 0 Å². The molecule has 0 bridgehead atoms. The van der Waals surface area contributed by atoms with Gasteiger partial charge < -0.3 is 10.5 Å². The number of aromatic nitrogens is 2. The van der Waals surface area contributed by atoms with E-state index in [-0.39, 0.29) is 5.60 Å². The third-order valence-corrected chi connectivity index (χ3v) is 5.03.